The van der Waals surface area contributed by atoms with Crippen molar-refractivity contribution in [2.24, 2.45) is 5.73 Å². The Bertz CT molecular complexity index is 1310. The molecule has 1 heterocycles. The molecule has 3 N–H and O–H groups in total. The molecule has 0 bridgehead atoms. The van der Waals surface area contributed by atoms with Crippen LogP contribution in [-0.4, -0.2) is 39.1 Å². The van der Waals surface area contributed by atoms with Crippen molar-refractivity contribution >= 4 is 23.6 Å². The minimum atomic E-state index is -4.53. The maximum atomic E-state index is 14.4. The molecule has 0 radical (unpaired) electrons. The number of rotatable bonds is 10. The second-order valence-electron chi connectivity index (χ2n) is 7.89. The van der Waals surface area contributed by atoms with E-state index in [2.05, 4.69) is 15.2 Å². The van der Waals surface area contributed by atoms with E-state index in [1.165, 1.54) is 48.5 Å². The average molecular weight is 544 g/mol. The van der Waals surface area contributed by atoms with Crippen LogP contribution in [0.25, 0.3) is 11.4 Å². The fraction of sp³-hybridized carbons (Fsp3) is 0.304. The summed E-state index contributed by atoms with van der Waals surface area (Å²) < 4.78 is 59.2. The molecular weight excluding hydrogens is 522 g/mol. The largest absolute Gasteiger partial charge is 0.450 e. The second-order valence-corrected chi connectivity index (χ2v) is 8.32. The van der Waals surface area contributed by atoms with Crippen LogP contribution >= 0.6 is 11.6 Å². The van der Waals surface area contributed by atoms with Crippen LogP contribution in [0.3, 0.4) is 0 Å². The predicted octanol–water partition coefficient (Wildman–Crippen LogP) is 3.80. The minimum absolute atomic E-state index is 0.0411. The summed E-state index contributed by atoms with van der Waals surface area (Å²) in [5.74, 6) is -1.50. The number of hydrogen-bond donors (Lipinski definition) is 2. The number of halogens is 5. The fourth-order valence-corrected chi connectivity index (χ4v) is 3.64. The number of carbonyl (C=O) groups is 2. The van der Waals surface area contributed by atoms with Gasteiger partial charge in [0.05, 0.1) is 19.1 Å². The monoisotopic (exact) mass is 543 g/mol. The van der Waals surface area contributed by atoms with E-state index in [1.54, 1.807) is 0 Å². The molecule has 0 saturated heterocycles. The zero-order valence-electron chi connectivity index (χ0n) is 19.2. The number of ether oxygens (including phenoxy) is 1. The van der Waals surface area contributed by atoms with Gasteiger partial charge in [-0.1, -0.05) is 29.8 Å². The van der Waals surface area contributed by atoms with Gasteiger partial charge in [-0.15, -0.1) is 5.10 Å². The van der Waals surface area contributed by atoms with E-state index in [1.807, 2.05) is 0 Å². The van der Waals surface area contributed by atoms with Gasteiger partial charge in [-0.3, -0.25) is 9.36 Å². The molecule has 2 amide bonds. The zero-order chi connectivity index (χ0) is 27.2. The van der Waals surface area contributed by atoms with Crippen LogP contribution in [0.2, 0.25) is 5.02 Å². The molecule has 9 nitrogen and oxygen atoms in total. The molecule has 3 aromatic rings. The highest BCUT2D eigenvalue weighted by Crippen LogP contribution is 2.24. The van der Waals surface area contributed by atoms with E-state index >= 15 is 0 Å². The number of nitrogens with two attached hydrogens (primary N) is 1. The average Bonchev–Trinajstić information content (AvgIpc) is 3.12. The van der Waals surface area contributed by atoms with Crippen molar-refractivity contribution in [3.05, 3.63) is 75.4 Å². The van der Waals surface area contributed by atoms with Crippen molar-refractivity contribution in [2.45, 2.75) is 38.1 Å². The first-order valence-corrected chi connectivity index (χ1v) is 11.3. The van der Waals surface area contributed by atoms with E-state index in [0.717, 1.165) is 4.57 Å². The number of hydrogen-bond acceptors (Lipinski definition) is 5. The highest BCUT2D eigenvalue weighted by molar-refractivity contribution is 6.30. The third kappa shape index (κ3) is 7.81. The molecule has 198 valence electrons. The number of amides is 2. The van der Waals surface area contributed by atoms with Gasteiger partial charge in [0.15, 0.2) is 5.82 Å². The summed E-state index contributed by atoms with van der Waals surface area (Å²) in [5.41, 5.74) is 4.41. The van der Waals surface area contributed by atoms with Crippen molar-refractivity contribution in [3.63, 3.8) is 0 Å². The molecule has 1 aromatic heterocycles. The first-order valence-electron chi connectivity index (χ1n) is 10.9. The third-order valence-corrected chi connectivity index (χ3v) is 5.46. The highest BCUT2D eigenvalue weighted by Gasteiger charge is 2.29. The van der Waals surface area contributed by atoms with Crippen LogP contribution in [0.5, 0.6) is 0 Å². The van der Waals surface area contributed by atoms with Crippen LogP contribution in [0.4, 0.5) is 22.4 Å². The number of nitrogens with one attached hydrogen (secondary N) is 1. The maximum absolute atomic E-state index is 14.4. The van der Waals surface area contributed by atoms with Crippen molar-refractivity contribution in [3.8, 4) is 11.4 Å². The van der Waals surface area contributed by atoms with E-state index in [-0.39, 0.29) is 24.4 Å². The number of aromatic nitrogens is 3. The Labute approximate surface area is 212 Å². The first kappa shape index (κ1) is 27.7. The van der Waals surface area contributed by atoms with Crippen molar-refractivity contribution in [1.82, 2.24) is 19.7 Å². The van der Waals surface area contributed by atoms with Gasteiger partial charge < -0.3 is 15.8 Å². The van der Waals surface area contributed by atoms with Gasteiger partial charge in [0.2, 0.25) is 5.91 Å². The van der Waals surface area contributed by atoms with Gasteiger partial charge in [0.25, 0.3) is 0 Å². The summed E-state index contributed by atoms with van der Waals surface area (Å²) in [7, 11) is 0. The van der Waals surface area contributed by atoms with E-state index in [0.29, 0.717) is 15.3 Å². The molecule has 0 saturated carbocycles. The van der Waals surface area contributed by atoms with Crippen molar-refractivity contribution in [2.75, 3.05) is 6.61 Å². The molecule has 0 aliphatic heterocycles. The molecule has 14 heteroatoms. The lowest BCUT2D eigenvalue weighted by Crippen LogP contribution is -2.36. The van der Waals surface area contributed by atoms with E-state index in [9.17, 15) is 31.9 Å². The van der Waals surface area contributed by atoms with Crippen LogP contribution in [0, 0.1) is 5.82 Å². The summed E-state index contributed by atoms with van der Waals surface area (Å²) in [5, 5.41) is 6.97. The van der Waals surface area contributed by atoms with Gasteiger partial charge in [0, 0.05) is 29.1 Å². The summed E-state index contributed by atoms with van der Waals surface area (Å²) in [6, 6.07) is 10.5. The lowest BCUT2D eigenvalue weighted by Gasteiger charge is -2.19. The summed E-state index contributed by atoms with van der Waals surface area (Å²) >= 11 is 5.87. The molecule has 1 atom stereocenters. The number of alkyl halides is 3. The Balaban J connectivity index is 1.86. The predicted molar refractivity (Wildman–Crippen MR) is 125 cm³/mol. The Hall–Kier alpha value is -3.87. The van der Waals surface area contributed by atoms with Crippen LogP contribution in [0.1, 0.15) is 24.4 Å². The normalized spacial score (nSPS) is 12.2. The molecule has 37 heavy (non-hydrogen) atoms. The van der Waals surface area contributed by atoms with Crippen molar-refractivity contribution in [1.29, 1.82) is 0 Å². The third-order valence-electron chi connectivity index (χ3n) is 5.20. The lowest BCUT2D eigenvalue weighted by atomic mass is 10.0. The maximum Gasteiger partial charge on any atom is 0.404 e. The molecule has 3 rings (SSSR count). The lowest BCUT2D eigenvalue weighted by molar-refractivity contribution is -0.136. The Morgan fingerprint density at radius 2 is 1.81 bits per heavy atom. The van der Waals surface area contributed by atoms with Gasteiger partial charge in [0.1, 0.15) is 12.4 Å². The van der Waals surface area contributed by atoms with Gasteiger partial charge >= 0.3 is 18.0 Å². The molecule has 0 spiro atoms. The Morgan fingerprint density at radius 3 is 2.43 bits per heavy atom. The summed E-state index contributed by atoms with van der Waals surface area (Å²) in [6.07, 6.45) is -6.92. The number of nitrogens with zero attached hydrogens (tertiary/aromatic N) is 3. The molecule has 0 aliphatic rings. The second kappa shape index (κ2) is 11.9. The molecule has 1 unspecified atom stereocenters. The summed E-state index contributed by atoms with van der Waals surface area (Å²) in [4.78, 5) is 36.6. The van der Waals surface area contributed by atoms with Gasteiger partial charge in [-0.25, -0.2) is 18.7 Å². The Morgan fingerprint density at radius 1 is 1.14 bits per heavy atom. The van der Waals surface area contributed by atoms with E-state index in [4.69, 9.17) is 17.3 Å². The molecule has 2 aromatic carbocycles. The van der Waals surface area contributed by atoms with Gasteiger partial charge in [-0.05, 0) is 30.3 Å². The smallest absolute Gasteiger partial charge is 0.404 e. The standard InChI is InChI=1S/C23H22ClF4N5O4/c24-15-7-5-14(6-8-15)20-31-33(22(36)32(20)11-10-23(26,27)28)13-19(34)30-18(9-12-37-21(29)35)16-3-1-2-4-17(16)25/h1-8,18H,9-13H2,(H2,29,35)(H,30,34). The SMILES string of the molecule is NC(=O)OCCC(NC(=O)Cn1nc(-c2ccc(Cl)cc2)n(CCC(F)(F)F)c1=O)c1ccccc1F. The summed E-state index contributed by atoms with van der Waals surface area (Å²) in [6.45, 7) is -1.62. The molecule has 0 fully saturated rings. The highest BCUT2D eigenvalue weighted by atomic mass is 35.5. The quantitative estimate of drug-likeness (QED) is 0.377. The minimum Gasteiger partial charge on any atom is -0.450 e. The van der Waals surface area contributed by atoms with Crippen LogP contribution < -0.4 is 16.7 Å². The first-order chi connectivity index (χ1) is 17.4. The van der Waals surface area contributed by atoms with E-state index < -0.39 is 55.2 Å². The number of primary amides is 1. The molecular formula is C23H22ClF4N5O4. The van der Waals surface area contributed by atoms with Gasteiger partial charge in [-0.2, -0.15) is 13.2 Å². The van der Waals surface area contributed by atoms with Crippen LogP contribution in [-0.2, 0) is 22.6 Å². The Kier molecular flexibility index (Phi) is 8.92. The fourth-order valence-electron chi connectivity index (χ4n) is 3.51. The topological polar surface area (TPSA) is 121 Å². The number of carbonyl (C=O) groups excluding carboxylic acids is 2. The zero-order valence-corrected chi connectivity index (χ0v) is 19.9. The molecule has 0 aliphatic carbocycles. The van der Waals surface area contributed by atoms with Crippen molar-refractivity contribution < 1.29 is 31.9 Å². The number of benzene rings is 2. The van der Waals surface area contributed by atoms with Crippen LogP contribution in [0.15, 0.2) is 53.3 Å².